The van der Waals surface area contributed by atoms with Crippen molar-refractivity contribution in [2.45, 2.75) is 44.4 Å². The lowest BCUT2D eigenvalue weighted by molar-refractivity contribution is -0.115. The number of hydrogen-bond acceptors (Lipinski definition) is 4. The Kier molecular flexibility index (Phi) is 7.30. The smallest absolute Gasteiger partial charge is 0.250 e. The fraction of sp³-hybridized carbons (Fsp3) is 0.345. The molecule has 1 amide bonds. The minimum absolute atomic E-state index is 0.0633. The number of nitrogens with one attached hydrogen (secondary N) is 1. The van der Waals surface area contributed by atoms with Crippen molar-refractivity contribution in [1.29, 1.82) is 0 Å². The number of amides is 1. The largest absolute Gasteiger partial charge is 0.356 e. The standard InChI is InChI=1S/C29H31N3O2S2/c1-3-21-12-7-9-19(2)26(21)30-28(34)27(22-10-5-4-6-11-22)36-29(35)31-16-20-15-23(18-31)24-13-8-14-25(33)32(24)17-20/h4-14,20,23,27H,3,15-18H2,1-2H3,(H,30,34)/t20-,23+,27-/m1/s1. The minimum atomic E-state index is -0.459. The first-order valence-electron chi connectivity index (χ1n) is 12.5. The third kappa shape index (κ3) is 5.00. The number of benzene rings is 2. The van der Waals surface area contributed by atoms with Crippen LogP contribution >= 0.6 is 24.0 Å². The third-order valence-corrected chi connectivity index (χ3v) is 9.01. The molecule has 1 N–H and O–H groups in total. The lowest BCUT2D eigenvalue weighted by Gasteiger charge is -2.43. The van der Waals surface area contributed by atoms with Gasteiger partial charge in [-0.1, -0.05) is 85.5 Å². The predicted octanol–water partition coefficient (Wildman–Crippen LogP) is 5.54. The van der Waals surface area contributed by atoms with Crippen LogP contribution in [0, 0.1) is 12.8 Å². The van der Waals surface area contributed by atoms with Crippen LogP contribution in [-0.2, 0) is 17.8 Å². The van der Waals surface area contributed by atoms with Gasteiger partial charge < -0.3 is 14.8 Å². The first-order valence-corrected chi connectivity index (χ1v) is 13.8. The summed E-state index contributed by atoms with van der Waals surface area (Å²) in [4.78, 5) is 28.3. The van der Waals surface area contributed by atoms with Gasteiger partial charge in [0.2, 0.25) is 5.91 Å². The maximum atomic E-state index is 13.7. The molecule has 0 spiro atoms. The fourth-order valence-electron chi connectivity index (χ4n) is 5.51. The second kappa shape index (κ2) is 10.6. The number of piperidine rings is 1. The molecule has 0 radical (unpaired) electrons. The quantitative estimate of drug-likeness (QED) is 0.451. The number of thioether (sulfide) groups is 1. The van der Waals surface area contributed by atoms with Crippen molar-refractivity contribution < 1.29 is 4.79 Å². The van der Waals surface area contributed by atoms with E-state index < -0.39 is 5.25 Å². The van der Waals surface area contributed by atoms with Crippen LogP contribution < -0.4 is 10.9 Å². The highest BCUT2D eigenvalue weighted by Gasteiger charge is 2.36. The first kappa shape index (κ1) is 24.8. The molecule has 3 heterocycles. The molecule has 1 saturated heterocycles. The van der Waals surface area contributed by atoms with E-state index in [1.807, 2.05) is 60.0 Å². The van der Waals surface area contributed by atoms with E-state index in [4.69, 9.17) is 12.2 Å². The molecule has 186 valence electrons. The molecule has 0 aliphatic carbocycles. The molecule has 7 heteroatoms. The van der Waals surface area contributed by atoms with Crippen molar-refractivity contribution in [3.05, 3.63) is 99.5 Å². The molecule has 1 fully saturated rings. The lowest BCUT2D eigenvalue weighted by Crippen LogP contribution is -2.48. The summed E-state index contributed by atoms with van der Waals surface area (Å²) < 4.78 is 2.67. The topological polar surface area (TPSA) is 54.3 Å². The zero-order valence-corrected chi connectivity index (χ0v) is 22.3. The van der Waals surface area contributed by atoms with E-state index in [-0.39, 0.29) is 17.4 Å². The molecule has 0 unspecified atom stereocenters. The van der Waals surface area contributed by atoms with Gasteiger partial charge in [-0.25, -0.2) is 0 Å². The van der Waals surface area contributed by atoms with Crippen LogP contribution in [0.15, 0.2) is 71.5 Å². The normalized spacial score (nSPS) is 19.3. The van der Waals surface area contributed by atoms with E-state index in [2.05, 4.69) is 29.3 Å². The summed E-state index contributed by atoms with van der Waals surface area (Å²) in [5.41, 5.74) is 5.19. The van der Waals surface area contributed by atoms with Gasteiger partial charge in [-0.3, -0.25) is 9.59 Å². The SMILES string of the molecule is CCc1cccc(C)c1NC(=O)[C@H](SC(=S)N1C[C@H]2C[C@@H](C1)c1cccc(=O)n1C2)c1ccccc1. The Bertz CT molecular complexity index is 1340. The molecule has 5 rings (SSSR count). The van der Waals surface area contributed by atoms with Gasteiger partial charge in [0.1, 0.15) is 9.57 Å². The number of carbonyl (C=O) groups is 1. The Balaban J connectivity index is 1.37. The number of hydrogen-bond donors (Lipinski definition) is 1. The maximum absolute atomic E-state index is 13.7. The summed E-state index contributed by atoms with van der Waals surface area (Å²) >= 11 is 7.40. The van der Waals surface area contributed by atoms with Crippen LogP contribution in [0.2, 0.25) is 0 Å². The van der Waals surface area contributed by atoms with Crippen LogP contribution in [0.5, 0.6) is 0 Å². The Hall–Kier alpha value is -2.90. The molecule has 0 saturated carbocycles. The van der Waals surface area contributed by atoms with Gasteiger partial charge >= 0.3 is 0 Å². The summed E-state index contributed by atoms with van der Waals surface area (Å²) in [5.74, 6) is 0.581. The van der Waals surface area contributed by atoms with Crippen molar-refractivity contribution in [3.8, 4) is 0 Å². The maximum Gasteiger partial charge on any atom is 0.250 e. The van der Waals surface area contributed by atoms with Crippen LogP contribution in [0.4, 0.5) is 5.69 Å². The van der Waals surface area contributed by atoms with Crippen molar-refractivity contribution in [3.63, 3.8) is 0 Å². The van der Waals surface area contributed by atoms with Crippen LogP contribution in [0.25, 0.3) is 0 Å². The number of para-hydroxylation sites is 1. The van der Waals surface area contributed by atoms with E-state index >= 15 is 0 Å². The fourth-order valence-corrected chi connectivity index (χ4v) is 6.91. The van der Waals surface area contributed by atoms with Crippen molar-refractivity contribution in [2.75, 3.05) is 18.4 Å². The molecular formula is C29H31N3O2S2. The van der Waals surface area contributed by atoms with Gasteiger partial charge in [0.15, 0.2) is 0 Å². The van der Waals surface area contributed by atoms with Gasteiger partial charge in [0.05, 0.1) is 0 Å². The zero-order chi connectivity index (χ0) is 25.2. The Labute approximate surface area is 221 Å². The van der Waals surface area contributed by atoms with Crippen LogP contribution in [0.3, 0.4) is 0 Å². The Morgan fingerprint density at radius 2 is 1.83 bits per heavy atom. The number of thiocarbonyl (C=S) groups is 1. The number of nitrogens with zero attached hydrogens (tertiary/aromatic N) is 2. The number of fused-ring (bicyclic) bond motifs is 4. The number of carbonyl (C=O) groups excluding carboxylic acids is 1. The molecule has 2 aromatic carbocycles. The third-order valence-electron chi connectivity index (χ3n) is 7.29. The van der Waals surface area contributed by atoms with Crippen molar-refractivity contribution in [1.82, 2.24) is 9.47 Å². The molecule has 3 aromatic rings. The molecule has 2 bridgehead atoms. The second-order valence-electron chi connectivity index (χ2n) is 9.73. The highest BCUT2D eigenvalue weighted by Crippen LogP contribution is 2.39. The summed E-state index contributed by atoms with van der Waals surface area (Å²) in [5, 5.41) is 2.76. The Morgan fingerprint density at radius 1 is 1.06 bits per heavy atom. The number of pyridine rings is 1. The number of likely N-dealkylation sites (tertiary alicyclic amines) is 1. The second-order valence-corrected chi connectivity index (χ2v) is 11.5. The van der Waals surface area contributed by atoms with E-state index in [9.17, 15) is 9.59 Å². The van der Waals surface area contributed by atoms with Gasteiger partial charge in [0, 0.05) is 43.0 Å². The van der Waals surface area contributed by atoms with E-state index in [0.29, 0.717) is 5.92 Å². The summed E-state index contributed by atoms with van der Waals surface area (Å²) in [6, 6.07) is 21.6. The summed E-state index contributed by atoms with van der Waals surface area (Å²) in [6.07, 6.45) is 1.92. The molecule has 36 heavy (non-hydrogen) atoms. The Morgan fingerprint density at radius 3 is 2.61 bits per heavy atom. The van der Waals surface area contributed by atoms with Crippen LogP contribution in [0.1, 0.15) is 46.9 Å². The molecule has 1 aromatic heterocycles. The van der Waals surface area contributed by atoms with E-state index in [0.717, 1.165) is 64.9 Å². The monoisotopic (exact) mass is 517 g/mol. The predicted molar refractivity (Wildman–Crippen MR) is 152 cm³/mol. The number of aromatic nitrogens is 1. The molecule has 5 nitrogen and oxygen atoms in total. The zero-order valence-electron chi connectivity index (χ0n) is 20.6. The molecule has 3 atom stereocenters. The van der Waals surface area contributed by atoms with Crippen LogP contribution in [-0.4, -0.2) is 32.8 Å². The average molecular weight is 518 g/mol. The highest BCUT2D eigenvalue weighted by molar-refractivity contribution is 8.23. The van der Waals surface area contributed by atoms with E-state index in [1.165, 1.54) is 11.8 Å². The highest BCUT2D eigenvalue weighted by atomic mass is 32.2. The van der Waals surface area contributed by atoms with Gasteiger partial charge in [0.25, 0.3) is 5.56 Å². The van der Waals surface area contributed by atoms with Gasteiger partial charge in [-0.15, -0.1) is 0 Å². The molecule has 2 aliphatic rings. The van der Waals surface area contributed by atoms with Crippen molar-refractivity contribution >= 4 is 39.9 Å². The van der Waals surface area contributed by atoms with Gasteiger partial charge in [-0.2, -0.15) is 0 Å². The number of anilines is 1. The summed E-state index contributed by atoms with van der Waals surface area (Å²) in [6.45, 7) is 6.43. The van der Waals surface area contributed by atoms with E-state index in [1.54, 1.807) is 6.07 Å². The average Bonchev–Trinajstić information content (AvgIpc) is 2.89. The first-order chi connectivity index (χ1) is 17.4. The number of rotatable bonds is 5. The van der Waals surface area contributed by atoms with Gasteiger partial charge in [-0.05, 0) is 48.4 Å². The van der Waals surface area contributed by atoms with Crippen molar-refractivity contribution in [2.24, 2.45) is 5.92 Å². The minimum Gasteiger partial charge on any atom is -0.356 e. The molecule has 2 aliphatic heterocycles. The number of aryl methyl sites for hydroxylation is 2. The molecular weight excluding hydrogens is 486 g/mol. The summed E-state index contributed by atoms with van der Waals surface area (Å²) in [7, 11) is 0. The lowest BCUT2D eigenvalue weighted by atomic mass is 9.83.